The number of methoxy groups -OCH3 is 1. The molecule has 27 heavy (non-hydrogen) atoms. The van der Waals surface area contributed by atoms with Crippen LogP contribution in [0.5, 0.6) is 17.2 Å². The molecular weight excluding hydrogens is 346 g/mol. The molecule has 3 rings (SSSR count). The maximum atomic E-state index is 12.2. The molecule has 0 aliphatic rings. The lowest BCUT2D eigenvalue weighted by molar-refractivity contribution is -0.127. The van der Waals surface area contributed by atoms with Gasteiger partial charge in [-0.1, -0.05) is 24.3 Å². The molecule has 3 aromatic rings. The van der Waals surface area contributed by atoms with Gasteiger partial charge in [0.1, 0.15) is 11.3 Å². The standard InChI is InChI=1S/C20H19N3O4/c1-13(27-16-9-3-6-14-8-5-11-21-18(14)16)20(25)23-22-12-15-7-4-10-17(26-2)19(15)24/h3-13,24H,1-2H3,(H,23,25)/b22-12+/t13-/m0/s1. The smallest absolute Gasteiger partial charge is 0.280 e. The molecule has 0 bridgehead atoms. The van der Waals surface area contributed by atoms with Gasteiger partial charge in [-0.05, 0) is 31.2 Å². The zero-order chi connectivity index (χ0) is 19.2. The number of aromatic nitrogens is 1. The molecule has 0 saturated heterocycles. The summed E-state index contributed by atoms with van der Waals surface area (Å²) in [6.45, 7) is 1.62. The van der Waals surface area contributed by atoms with Crippen molar-refractivity contribution >= 4 is 23.0 Å². The molecule has 0 aliphatic heterocycles. The molecule has 0 spiro atoms. The number of hydrazone groups is 1. The van der Waals surface area contributed by atoms with Crippen LogP contribution in [-0.4, -0.2) is 35.4 Å². The Balaban J connectivity index is 1.66. The summed E-state index contributed by atoms with van der Waals surface area (Å²) in [5, 5.41) is 14.8. The van der Waals surface area contributed by atoms with Gasteiger partial charge >= 0.3 is 0 Å². The van der Waals surface area contributed by atoms with Crippen molar-refractivity contribution in [2.24, 2.45) is 5.10 Å². The number of pyridine rings is 1. The van der Waals surface area contributed by atoms with Crippen LogP contribution in [0, 0.1) is 0 Å². The van der Waals surface area contributed by atoms with Gasteiger partial charge in [0.25, 0.3) is 5.91 Å². The molecule has 7 nitrogen and oxygen atoms in total. The van der Waals surface area contributed by atoms with Gasteiger partial charge in [0, 0.05) is 17.1 Å². The number of phenolic OH excluding ortho intramolecular Hbond substituents is 1. The van der Waals surface area contributed by atoms with Crippen LogP contribution in [0.15, 0.2) is 59.8 Å². The molecule has 0 radical (unpaired) electrons. The number of phenols is 1. The quantitative estimate of drug-likeness (QED) is 0.518. The van der Waals surface area contributed by atoms with Crippen LogP contribution in [0.3, 0.4) is 0 Å². The first kappa shape index (κ1) is 18.2. The Morgan fingerprint density at radius 1 is 1.19 bits per heavy atom. The largest absolute Gasteiger partial charge is 0.504 e. The van der Waals surface area contributed by atoms with Gasteiger partial charge in [-0.15, -0.1) is 0 Å². The number of rotatable bonds is 6. The summed E-state index contributed by atoms with van der Waals surface area (Å²) in [4.78, 5) is 16.5. The van der Waals surface area contributed by atoms with Crippen molar-refractivity contribution in [3.05, 3.63) is 60.3 Å². The fraction of sp³-hybridized carbons (Fsp3) is 0.150. The predicted molar refractivity (Wildman–Crippen MR) is 102 cm³/mol. The van der Waals surface area contributed by atoms with Crippen molar-refractivity contribution in [1.29, 1.82) is 0 Å². The lowest BCUT2D eigenvalue weighted by Crippen LogP contribution is -2.33. The zero-order valence-corrected chi connectivity index (χ0v) is 14.9. The molecule has 0 aliphatic carbocycles. The zero-order valence-electron chi connectivity index (χ0n) is 14.9. The molecule has 0 fully saturated rings. The van der Waals surface area contributed by atoms with Gasteiger partial charge in [0.2, 0.25) is 0 Å². The van der Waals surface area contributed by atoms with E-state index in [1.165, 1.54) is 13.3 Å². The molecule has 1 aromatic heterocycles. The van der Waals surface area contributed by atoms with Gasteiger partial charge in [-0.2, -0.15) is 5.10 Å². The number of amides is 1. The summed E-state index contributed by atoms with van der Waals surface area (Å²) >= 11 is 0. The third kappa shape index (κ3) is 4.14. The first-order valence-corrected chi connectivity index (χ1v) is 8.29. The second kappa shape index (κ2) is 8.18. The minimum atomic E-state index is -0.784. The number of carbonyl (C=O) groups is 1. The maximum absolute atomic E-state index is 12.2. The fourth-order valence-electron chi connectivity index (χ4n) is 2.48. The molecule has 1 heterocycles. The Kier molecular flexibility index (Phi) is 5.51. The summed E-state index contributed by atoms with van der Waals surface area (Å²) in [6, 6.07) is 14.3. The highest BCUT2D eigenvalue weighted by Crippen LogP contribution is 2.28. The lowest BCUT2D eigenvalue weighted by Gasteiger charge is -2.14. The third-order valence-electron chi connectivity index (χ3n) is 3.90. The average molecular weight is 365 g/mol. The van der Waals surface area contributed by atoms with Crippen LogP contribution in [0.25, 0.3) is 10.9 Å². The normalized spacial score (nSPS) is 12.1. The molecule has 1 atom stereocenters. The number of hydrogen-bond acceptors (Lipinski definition) is 6. The number of nitrogens with one attached hydrogen (secondary N) is 1. The summed E-state index contributed by atoms with van der Waals surface area (Å²) in [6.07, 6.45) is 2.22. The molecule has 2 aromatic carbocycles. The van der Waals surface area contributed by atoms with Crippen molar-refractivity contribution in [2.45, 2.75) is 13.0 Å². The number of carbonyl (C=O) groups excluding carboxylic acids is 1. The number of ether oxygens (including phenoxy) is 2. The van der Waals surface area contributed by atoms with Crippen LogP contribution in [0.2, 0.25) is 0 Å². The Hall–Kier alpha value is -3.61. The van der Waals surface area contributed by atoms with E-state index in [0.717, 1.165) is 5.39 Å². The second-order valence-corrected chi connectivity index (χ2v) is 5.72. The van der Waals surface area contributed by atoms with E-state index in [4.69, 9.17) is 9.47 Å². The van der Waals surface area contributed by atoms with E-state index >= 15 is 0 Å². The Morgan fingerprint density at radius 2 is 1.93 bits per heavy atom. The highest BCUT2D eigenvalue weighted by molar-refractivity contribution is 5.88. The number of benzene rings is 2. The number of fused-ring (bicyclic) bond motifs is 1. The van der Waals surface area contributed by atoms with Crippen molar-refractivity contribution in [3.63, 3.8) is 0 Å². The van der Waals surface area contributed by atoms with Crippen LogP contribution in [0.4, 0.5) is 0 Å². The summed E-state index contributed by atoms with van der Waals surface area (Å²) < 4.78 is 10.8. The van der Waals surface area contributed by atoms with E-state index in [9.17, 15) is 9.90 Å². The van der Waals surface area contributed by atoms with E-state index < -0.39 is 12.0 Å². The van der Waals surface area contributed by atoms with Crippen LogP contribution in [0.1, 0.15) is 12.5 Å². The first-order valence-electron chi connectivity index (χ1n) is 8.29. The van der Waals surface area contributed by atoms with Gasteiger partial charge in [-0.3, -0.25) is 9.78 Å². The topological polar surface area (TPSA) is 93.0 Å². The van der Waals surface area contributed by atoms with Crippen molar-refractivity contribution in [2.75, 3.05) is 7.11 Å². The van der Waals surface area contributed by atoms with Crippen molar-refractivity contribution in [1.82, 2.24) is 10.4 Å². The third-order valence-corrected chi connectivity index (χ3v) is 3.90. The Bertz CT molecular complexity index is 983. The molecule has 1 amide bonds. The molecule has 138 valence electrons. The lowest BCUT2D eigenvalue weighted by atomic mass is 10.2. The first-order chi connectivity index (χ1) is 13.1. The van der Waals surface area contributed by atoms with Crippen molar-refractivity contribution in [3.8, 4) is 17.2 Å². The summed E-state index contributed by atoms with van der Waals surface area (Å²) in [7, 11) is 1.46. The second-order valence-electron chi connectivity index (χ2n) is 5.72. The van der Waals surface area contributed by atoms with Gasteiger partial charge in [0.05, 0.1) is 13.3 Å². The number of aromatic hydroxyl groups is 1. The van der Waals surface area contributed by atoms with E-state index in [1.54, 1.807) is 37.4 Å². The monoisotopic (exact) mass is 365 g/mol. The maximum Gasteiger partial charge on any atom is 0.280 e. The number of para-hydroxylation sites is 2. The number of hydrogen-bond donors (Lipinski definition) is 2. The molecule has 0 unspecified atom stereocenters. The number of nitrogens with zero attached hydrogens (tertiary/aromatic N) is 2. The fourth-order valence-corrected chi connectivity index (χ4v) is 2.48. The van der Waals surface area contributed by atoms with Crippen LogP contribution in [-0.2, 0) is 4.79 Å². The van der Waals surface area contributed by atoms with E-state index in [2.05, 4.69) is 15.5 Å². The van der Waals surface area contributed by atoms with Crippen LogP contribution >= 0.6 is 0 Å². The summed E-state index contributed by atoms with van der Waals surface area (Å²) in [5.74, 6) is 0.362. The minimum Gasteiger partial charge on any atom is -0.504 e. The Morgan fingerprint density at radius 3 is 2.74 bits per heavy atom. The Labute approximate surface area is 156 Å². The molecular formula is C20H19N3O4. The van der Waals surface area contributed by atoms with Gasteiger partial charge < -0.3 is 14.6 Å². The molecule has 0 saturated carbocycles. The van der Waals surface area contributed by atoms with E-state index in [-0.39, 0.29) is 5.75 Å². The van der Waals surface area contributed by atoms with Gasteiger partial charge in [-0.25, -0.2) is 5.43 Å². The highest BCUT2D eigenvalue weighted by atomic mass is 16.5. The highest BCUT2D eigenvalue weighted by Gasteiger charge is 2.16. The minimum absolute atomic E-state index is 0.0517. The average Bonchev–Trinajstić information content (AvgIpc) is 2.69. The molecule has 2 N–H and O–H groups in total. The van der Waals surface area contributed by atoms with Crippen LogP contribution < -0.4 is 14.9 Å². The predicted octanol–water partition coefficient (Wildman–Crippen LogP) is 2.87. The van der Waals surface area contributed by atoms with E-state index in [0.29, 0.717) is 22.6 Å². The SMILES string of the molecule is COc1cccc(/C=N/NC(=O)[C@H](C)Oc2cccc3cccnc23)c1O. The van der Waals surface area contributed by atoms with Gasteiger partial charge in [0.15, 0.2) is 17.6 Å². The summed E-state index contributed by atoms with van der Waals surface area (Å²) in [5.41, 5.74) is 3.50. The van der Waals surface area contributed by atoms with E-state index in [1.807, 2.05) is 24.3 Å². The van der Waals surface area contributed by atoms with Crippen molar-refractivity contribution < 1.29 is 19.4 Å². The molecule has 7 heteroatoms.